The maximum atomic E-state index is 12.9. The number of fused-ring (bicyclic) bond motifs is 1. The van der Waals surface area contributed by atoms with Gasteiger partial charge in [-0.25, -0.2) is 4.98 Å². The number of imidazole rings is 1. The Labute approximate surface area is 165 Å². The van der Waals surface area contributed by atoms with Crippen molar-refractivity contribution in [2.24, 2.45) is 0 Å². The Morgan fingerprint density at radius 2 is 1.89 bits per heavy atom. The normalized spacial score (nSPS) is 16.7. The SMILES string of the molecule is O=C(Nc1nc2ccccc2[nH]1)[C@@H]1CCCN1C(=O)c1cc(Cl)cc(Cl)c1. The molecular weight excluding hydrogens is 387 g/mol. The van der Waals surface area contributed by atoms with E-state index in [1.165, 1.54) is 0 Å². The van der Waals surface area contributed by atoms with Gasteiger partial charge in [0.05, 0.1) is 11.0 Å². The van der Waals surface area contributed by atoms with E-state index in [0.29, 0.717) is 34.5 Å². The number of benzene rings is 2. The van der Waals surface area contributed by atoms with Gasteiger partial charge >= 0.3 is 0 Å². The number of halogens is 2. The van der Waals surface area contributed by atoms with E-state index in [0.717, 1.165) is 17.5 Å². The molecule has 1 fully saturated rings. The zero-order chi connectivity index (χ0) is 19.0. The molecule has 0 aliphatic carbocycles. The Hall–Kier alpha value is -2.57. The molecule has 1 saturated heterocycles. The summed E-state index contributed by atoms with van der Waals surface area (Å²) in [7, 11) is 0. The Morgan fingerprint density at radius 1 is 1.15 bits per heavy atom. The minimum Gasteiger partial charge on any atom is -0.327 e. The highest BCUT2D eigenvalue weighted by Crippen LogP contribution is 2.25. The maximum Gasteiger partial charge on any atom is 0.254 e. The Balaban J connectivity index is 1.53. The van der Waals surface area contributed by atoms with Crippen LogP contribution in [0, 0.1) is 0 Å². The second kappa shape index (κ2) is 7.21. The molecule has 138 valence electrons. The summed E-state index contributed by atoms with van der Waals surface area (Å²) < 4.78 is 0. The Kier molecular flexibility index (Phi) is 4.76. The van der Waals surface area contributed by atoms with E-state index in [2.05, 4.69) is 15.3 Å². The first-order valence-electron chi connectivity index (χ1n) is 8.54. The fraction of sp³-hybridized carbons (Fsp3) is 0.211. The third-order valence-electron chi connectivity index (χ3n) is 4.56. The molecule has 1 aromatic heterocycles. The average Bonchev–Trinajstić information content (AvgIpc) is 3.26. The molecule has 4 rings (SSSR count). The van der Waals surface area contributed by atoms with Gasteiger partial charge in [0.1, 0.15) is 6.04 Å². The van der Waals surface area contributed by atoms with Gasteiger partial charge in [0.25, 0.3) is 5.91 Å². The second-order valence-corrected chi connectivity index (χ2v) is 7.28. The number of likely N-dealkylation sites (tertiary alicyclic amines) is 1. The lowest BCUT2D eigenvalue weighted by Gasteiger charge is -2.23. The molecule has 0 unspecified atom stereocenters. The third kappa shape index (κ3) is 3.63. The van der Waals surface area contributed by atoms with Gasteiger partial charge in [-0.15, -0.1) is 0 Å². The summed E-state index contributed by atoms with van der Waals surface area (Å²) in [5.41, 5.74) is 1.97. The number of hydrogen-bond donors (Lipinski definition) is 2. The summed E-state index contributed by atoms with van der Waals surface area (Å²) in [6.07, 6.45) is 1.34. The van der Waals surface area contributed by atoms with Crippen molar-refractivity contribution in [1.29, 1.82) is 0 Å². The first-order valence-corrected chi connectivity index (χ1v) is 9.29. The number of H-pyrrole nitrogens is 1. The molecule has 1 atom stereocenters. The quantitative estimate of drug-likeness (QED) is 0.691. The van der Waals surface area contributed by atoms with E-state index in [1.54, 1.807) is 23.1 Å². The van der Waals surface area contributed by atoms with Crippen LogP contribution in [0.5, 0.6) is 0 Å². The molecule has 27 heavy (non-hydrogen) atoms. The molecule has 0 saturated carbocycles. The van der Waals surface area contributed by atoms with Crippen LogP contribution >= 0.6 is 23.2 Å². The van der Waals surface area contributed by atoms with Crippen molar-refractivity contribution in [3.63, 3.8) is 0 Å². The Morgan fingerprint density at radius 3 is 2.63 bits per heavy atom. The number of aromatic amines is 1. The van der Waals surface area contributed by atoms with Gasteiger partial charge in [0.15, 0.2) is 0 Å². The van der Waals surface area contributed by atoms with Crippen LogP contribution in [0.2, 0.25) is 10.0 Å². The minimum absolute atomic E-state index is 0.262. The molecule has 2 amide bonds. The molecule has 2 heterocycles. The van der Waals surface area contributed by atoms with Gasteiger partial charge in [0.2, 0.25) is 11.9 Å². The summed E-state index contributed by atoms with van der Waals surface area (Å²) >= 11 is 12.0. The molecule has 3 aromatic rings. The first-order chi connectivity index (χ1) is 13.0. The number of rotatable bonds is 3. The van der Waals surface area contributed by atoms with Crippen molar-refractivity contribution >= 4 is 52.0 Å². The highest BCUT2D eigenvalue weighted by Gasteiger charge is 2.35. The third-order valence-corrected chi connectivity index (χ3v) is 4.99. The largest absolute Gasteiger partial charge is 0.327 e. The number of anilines is 1. The van der Waals surface area contributed by atoms with Crippen molar-refractivity contribution in [3.05, 3.63) is 58.1 Å². The number of nitrogens with zero attached hydrogens (tertiary/aromatic N) is 2. The lowest BCUT2D eigenvalue weighted by atomic mass is 10.1. The number of carbonyl (C=O) groups is 2. The fourth-order valence-electron chi connectivity index (χ4n) is 3.34. The van der Waals surface area contributed by atoms with Gasteiger partial charge in [-0.05, 0) is 43.2 Å². The molecule has 0 radical (unpaired) electrons. The van der Waals surface area contributed by atoms with Gasteiger partial charge < -0.3 is 9.88 Å². The number of para-hydroxylation sites is 2. The van der Waals surface area contributed by atoms with E-state index in [1.807, 2.05) is 24.3 Å². The van der Waals surface area contributed by atoms with Crippen molar-refractivity contribution in [2.75, 3.05) is 11.9 Å². The lowest BCUT2D eigenvalue weighted by Crippen LogP contribution is -2.43. The summed E-state index contributed by atoms with van der Waals surface area (Å²) in [5.74, 6) is -0.166. The smallest absolute Gasteiger partial charge is 0.254 e. The number of hydrogen-bond acceptors (Lipinski definition) is 3. The van der Waals surface area contributed by atoms with Gasteiger partial charge in [-0.3, -0.25) is 14.9 Å². The molecular formula is C19H16Cl2N4O2. The van der Waals surface area contributed by atoms with Gasteiger partial charge in [0, 0.05) is 22.2 Å². The number of amides is 2. The van der Waals surface area contributed by atoms with Crippen LogP contribution in [0.15, 0.2) is 42.5 Å². The lowest BCUT2D eigenvalue weighted by molar-refractivity contribution is -0.119. The van der Waals surface area contributed by atoms with Crippen LogP contribution in [0.3, 0.4) is 0 Å². The number of nitrogens with one attached hydrogen (secondary N) is 2. The zero-order valence-electron chi connectivity index (χ0n) is 14.2. The van der Waals surface area contributed by atoms with Crippen LogP contribution in [0.1, 0.15) is 23.2 Å². The molecule has 1 aliphatic rings. The van der Waals surface area contributed by atoms with Crippen molar-refractivity contribution < 1.29 is 9.59 Å². The molecule has 0 spiro atoms. The van der Waals surface area contributed by atoms with Crippen LogP contribution in [0.25, 0.3) is 11.0 Å². The maximum absolute atomic E-state index is 12.9. The molecule has 8 heteroatoms. The summed E-state index contributed by atoms with van der Waals surface area (Å²) in [6, 6.07) is 11.6. The van der Waals surface area contributed by atoms with Crippen molar-refractivity contribution in [3.8, 4) is 0 Å². The minimum atomic E-state index is -0.566. The van der Waals surface area contributed by atoms with E-state index in [9.17, 15) is 9.59 Å². The summed E-state index contributed by atoms with van der Waals surface area (Å²) in [5, 5.41) is 3.55. The first kappa shape index (κ1) is 17.8. The molecule has 0 bridgehead atoms. The number of carbonyl (C=O) groups excluding carboxylic acids is 2. The predicted octanol–water partition coefficient (Wildman–Crippen LogP) is 4.11. The highest BCUT2D eigenvalue weighted by molar-refractivity contribution is 6.35. The molecule has 2 aromatic carbocycles. The van der Waals surface area contributed by atoms with Crippen molar-refractivity contribution in [2.45, 2.75) is 18.9 Å². The molecule has 1 aliphatic heterocycles. The Bertz CT molecular complexity index is 980. The van der Waals surface area contributed by atoms with Gasteiger partial charge in [-0.2, -0.15) is 0 Å². The molecule has 6 nitrogen and oxygen atoms in total. The topological polar surface area (TPSA) is 78.1 Å². The summed E-state index contributed by atoms with van der Waals surface area (Å²) in [4.78, 5) is 34.6. The zero-order valence-corrected chi connectivity index (χ0v) is 15.7. The summed E-state index contributed by atoms with van der Waals surface area (Å²) in [6.45, 7) is 0.501. The van der Waals surface area contributed by atoms with E-state index in [-0.39, 0.29) is 11.8 Å². The second-order valence-electron chi connectivity index (χ2n) is 6.41. The monoisotopic (exact) mass is 402 g/mol. The van der Waals surface area contributed by atoms with E-state index < -0.39 is 6.04 Å². The van der Waals surface area contributed by atoms with E-state index in [4.69, 9.17) is 23.2 Å². The average molecular weight is 403 g/mol. The fourth-order valence-corrected chi connectivity index (χ4v) is 3.86. The van der Waals surface area contributed by atoms with Crippen LogP contribution in [-0.4, -0.2) is 39.3 Å². The number of aromatic nitrogens is 2. The highest BCUT2D eigenvalue weighted by atomic mass is 35.5. The predicted molar refractivity (Wildman–Crippen MR) is 105 cm³/mol. The van der Waals surface area contributed by atoms with Crippen LogP contribution < -0.4 is 5.32 Å². The molecule has 2 N–H and O–H groups in total. The standard InChI is InChI=1S/C19H16Cl2N4O2/c20-12-8-11(9-13(21)10-12)18(27)25-7-3-6-16(25)17(26)24-19-22-14-4-1-2-5-15(14)23-19/h1-2,4-5,8-10,16H,3,6-7H2,(H2,22,23,24,26)/t16-/m0/s1. The van der Waals surface area contributed by atoms with Gasteiger partial charge in [-0.1, -0.05) is 35.3 Å². The van der Waals surface area contributed by atoms with Crippen molar-refractivity contribution in [1.82, 2.24) is 14.9 Å². The van der Waals surface area contributed by atoms with E-state index >= 15 is 0 Å². The van der Waals surface area contributed by atoms with Crippen LogP contribution in [0.4, 0.5) is 5.95 Å². The van der Waals surface area contributed by atoms with Crippen LogP contribution in [-0.2, 0) is 4.79 Å².